The molecule has 1 aromatic rings. The Morgan fingerprint density at radius 1 is 1.29 bits per heavy atom. The van der Waals surface area contributed by atoms with Crippen molar-refractivity contribution in [1.29, 1.82) is 0 Å². The van der Waals surface area contributed by atoms with Crippen LogP contribution in [0.15, 0.2) is 24.3 Å². The van der Waals surface area contributed by atoms with Crippen LogP contribution in [-0.2, 0) is 11.2 Å². The van der Waals surface area contributed by atoms with E-state index < -0.39 is 0 Å². The summed E-state index contributed by atoms with van der Waals surface area (Å²) in [6, 6.07) is 8.62. The smallest absolute Gasteiger partial charge is 0.0474 e. The SMILES string of the molecule is COCCCN1CCNc2ccccc2CC1. The van der Waals surface area contributed by atoms with Gasteiger partial charge in [-0.05, 0) is 24.5 Å². The Labute approximate surface area is 104 Å². The lowest BCUT2D eigenvalue weighted by molar-refractivity contribution is 0.173. The average molecular weight is 234 g/mol. The molecule has 0 radical (unpaired) electrons. The van der Waals surface area contributed by atoms with Gasteiger partial charge in [-0.15, -0.1) is 0 Å². The van der Waals surface area contributed by atoms with Crippen LogP contribution in [0.5, 0.6) is 0 Å². The first-order valence-corrected chi connectivity index (χ1v) is 6.43. The average Bonchev–Trinajstić information content (AvgIpc) is 2.33. The second kappa shape index (κ2) is 6.62. The highest BCUT2D eigenvalue weighted by atomic mass is 16.5. The van der Waals surface area contributed by atoms with Crippen molar-refractivity contribution in [3.8, 4) is 0 Å². The molecule has 94 valence electrons. The molecule has 0 unspecified atom stereocenters. The topological polar surface area (TPSA) is 24.5 Å². The Hall–Kier alpha value is -1.06. The molecule has 0 saturated carbocycles. The first-order chi connectivity index (χ1) is 8.40. The van der Waals surface area contributed by atoms with Gasteiger partial charge in [-0.2, -0.15) is 0 Å². The minimum Gasteiger partial charge on any atom is -0.385 e. The lowest BCUT2D eigenvalue weighted by Crippen LogP contribution is -2.34. The molecule has 0 aliphatic carbocycles. The van der Waals surface area contributed by atoms with Crippen molar-refractivity contribution < 1.29 is 4.74 Å². The zero-order valence-electron chi connectivity index (χ0n) is 10.6. The van der Waals surface area contributed by atoms with Crippen LogP contribution < -0.4 is 5.32 Å². The third-order valence-electron chi connectivity index (χ3n) is 3.28. The Balaban J connectivity index is 1.88. The quantitative estimate of drug-likeness (QED) is 0.806. The molecule has 0 spiro atoms. The van der Waals surface area contributed by atoms with Crippen molar-refractivity contribution in [3.05, 3.63) is 29.8 Å². The largest absolute Gasteiger partial charge is 0.385 e. The van der Waals surface area contributed by atoms with E-state index in [4.69, 9.17) is 4.74 Å². The number of hydrogen-bond donors (Lipinski definition) is 1. The van der Waals surface area contributed by atoms with Gasteiger partial charge in [0.25, 0.3) is 0 Å². The third kappa shape index (κ3) is 3.72. The molecule has 3 nitrogen and oxygen atoms in total. The maximum absolute atomic E-state index is 5.10. The molecule has 0 atom stereocenters. The number of nitrogens with one attached hydrogen (secondary N) is 1. The fraction of sp³-hybridized carbons (Fsp3) is 0.571. The molecular formula is C14H22N2O. The van der Waals surface area contributed by atoms with E-state index in [9.17, 15) is 0 Å². The van der Waals surface area contributed by atoms with Gasteiger partial charge in [-0.25, -0.2) is 0 Å². The van der Waals surface area contributed by atoms with Gasteiger partial charge in [0, 0.05) is 45.6 Å². The fourth-order valence-corrected chi connectivity index (χ4v) is 2.31. The van der Waals surface area contributed by atoms with Gasteiger partial charge in [0.1, 0.15) is 0 Å². The number of rotatable bonds is 4. The number of benzene rings is 1. The molecule has 0 saturated heterocycles. The van der Waals surface area contributed by atoms with Crippen molar-refractivity contribution in [2.45, 2.75) is 12.8 Å². The summed E-state index contributed by atoms with van der Waals surface area (Å²) in [6.07, 6.45) is 2.26. The molecule has 1 aliphatic rings. The van der Waals surface area contributed by atoms with Crippen molar-refractivity contribution in [1.82, 2.24) is 4.90 Å². The summed E-state index contributed by atoms with van der Waals surface area (Å²) < 4.78 is 5.10. The Morgan fingerprint density at radius 3 is 3.06 bits per heavy atom. The summed E-state index contributed by atoms with van der Waals surface area (Å²) in [4.78, 5) is 2.52. The molecule has 2 rings (SSSR count). The Morgan fingerprint density at radius 2 is 2.18 bits per heavy atom. The maximum atomic E-state index is 5.10. The van der Waals surface area contributed by atoms with Crippen molar-refractivity contribution in [2.24, 2.45) is 0 Å². The molecule has 17 heavy (non-hydrogen) atoms. The van der Waals surface area contributed by atoms with Crippen LogP contribution in [-0.4, -0.2) is 44.8 Å². The molecule has 0 amide bonds. The predicted octanol–water partition coefficient (Wildman–Crippen LogP) is 1.99. The second-order valence-electron chi connectivity index (χ2n) is 4.52. The van der Waals surface area contributed by atoms with Crippen LogP contribution in [0.1, 0.15) is 12.0 Å². The molecule has 1 aliphatic heterocycles. The fourth-order valence-electron chi connectivity index (χ4n) is 2.31. The number of fused-ring (bicyclic) bond motifs is 1. The number of ether oxygens (including phenoxy) is 1. The van der Waals surface area contributed by atoms with E-state index in [0.29, 0.717) is 0 Å². The molecule has 0 fully saturated rings. The first kappa shape index (κ1) is 12.4. The van der Waals surface area contributed by atoms with E-state index in [1.165, 1.54) is 11.3 Å². The van der Waals surface area contributed by atoms with E-state index in [-0.39, 0.29) is 0 Å². The summed E-state index contributed by atoms with van der Waals surface area (Å²) in [5.41, 5.74) is 2.74. The van der Waals surface area contributed by atoms with Gasteiger partial charge in [0.2, 0.25) is 0 Å². The number of methoxy groups -OCH3 is 1. The standard InChI is InChI=1S/C14H22N2O/c1-17-12-4-9-16-10-7-13-5-2-3-6-14(13)15-8-11-16/h2-3,5-6,15H,4,7-12H2,1H3. The maximum Gasteiger partial charge on any atom is 0.0474 e. The van der Waals surface area contributed by atoms with Gasteiger partial charge in [-0.1, -0.05) is 18.2 Å². The highest BCUT2D eigenvalue weighted by Gasteiger charge is 2.10. The van der Waals surface area contributed by atoms with E-state index in [1.807, 2.05) is 0 Å². The molecule has 1 heterocycles. The molecule has 1 N–H and O–H groups in total. The Kier molecular flexibility index (Phi) is 4.83. The second-order valence-corrected chi connectivity index (χ2v) is 4.52. The third-order valence-corrected chi connectivity index (χ3v) is 3.28. The molecular weight excluding hydrogens is 212 g/mol. The number of anilines is 1. The number of para-hydroxylation sites is 1. The van der Waals surface area contributed by atoms with Crippen LogP contribution in [0.4, 0.5) is 5.69 Å². The molecule has 0 bridgehead atoms. The van der Waals surface area contributed by atoms with Crippen molar-refractivity contribution in [3.63, 3.8) is 0 Å². The van der Waals surface area contributed by atoms with Crippen LogP contribution in [0.25, 0.3) is 0 Å². The zero-order chi connectivity index (χ0) is 11.9. The van der Waals surface area contributed by atoms with Crippen LogP contribution in [0.3, 0.4) is 0 Å². The summed E-state index contributed by atoms with van der Waals surface area (Å²) in [6.45, 7) is 5.31. The first-order valence-electron chi connectivity index (χ1n) is 6.43. The number of hydrogen-bond acceptors (Lipinski definition) is 3. The van der Waals surface area contributed by atoms with E-state index in [0.717, 1.165) is 45.6 Å². The van der Waals surface area contributed by atoms with Crippen molar-refractivity contribution >= 4 is 5.69 Å². The van der Waals surface area contributed by atoms with Crippen molar-refractivity contribution in [2.75, 3.05) is 45.2 Å². The van der Waals surface area contributed by atoms with Gasteiger partial charge in [0.05, 0.1) is 0 Å². The zero-order valence-corrected chi connectivity index (χ0v) is 10.6. The Bertz CT molecular complexity index is 341. The summed E-state index contributed by atoms with van der Waals surface area (Å²) >= 11 is 0. The lowest BCUT2D eigenvalue weighted by Gasteiger charge is -2.26. The van der Waals surface area contributed by atoms with Crippen LogP contribution in [0, 0.1) is 0 Å². The minimum atomic E-state index is 0.862. The van der Waals surface area contributed by atoms with Gasteiger partial charge >= 0.3 is 0 Å². The summed E-state index contributed by atoms with van der Waals surface area (Å²) in [5, 5.41) is 3.51. The summed E-state index contributed by atoms with van der Waals surface area (Å²) in [5.74, 6) is 0. The number of nitrogens with zero attached hydrogens (tertiary/aromatic N) is 1. The molecule has 1 aromatic carbocycles. The van der Waals surface area contributed by atoms with Crippen LogP contribution >= 0.6 is 0 Å². The van der Waals surface area contributed by atoms with Gasteiger partial charge < -0.3 is 15.0 Å². The highest BCUT2D eigenvalue weighted by molar-refractivity contribution is 5.51. The van der Waals surface area contributed by atoms with Gasteiger partial charge in [0.15, 0.2) is 0 Å². The summed E-state index contributed by atoms with van der Waals surface area (Å²) in [7, 11) is 1.77. The highest BCUT2D eigenvalue weighted by Crippen LogP contribution is 2.17. The normalized spacial score (nSPS) is 16.8. The molecule has 0 aromatic heterocycles. The lowest BCUT2D eigenvalue weighted by atomic mass is 10.1. The van der Waals surface area contributed by atoms with E-state index >= 15 is 0 Å². The van der Waals surface area contributed by atoms with Gasteiger partial charge in [-0.3, -0.25) is 0 Å². The van der Waals surface area contributed by atoms with E-state index in [2.05, 4.69) is 34.5 Å². The monoisotopic (exact) mass is 234 g/mol. The van der Waals surface area contributed by atoms with E-state index in [1.54, 1.807) is 7.11 Å². The predicted molar refractivity (Wildman–Crippen MR) is 71.6 cm³/mol. The molecule has 3 heteroatoms. The van der Waals surface area contributed by atoms with Crippen LogP contribution in [0.2, 0.25) is 0 Å². The minimum absolute atomic E-state index is 0.862.